The van der Waals surface area contributed by atoms with Gasteiger partial charge in [0, 0.05) is 17.0 Å². The van der Waals surface area contributed by atoms with Gasteiger partial charge in [-0.05, 0) is 13.8 Å². The number of hydrogen-bond donors (Lipinski definition) is 1. The molecule has 0 radical (unpaired) electrons. The highest BCUT2D eigenvalue weighted by molar-refractivity contribution is 8.00. The Labute approximate surface area is 106 Å². The zero-order valence-electron chi connectivity index (χ0n) is 10.4. The van der Waals surface area contributed by atoms with Gasteiger partial charge in [-0.25, -0.2) is 13.9 Å². The number of carbonyl (C=O) groups is 1. The molecule has 6 nitrogen and oxygen atoms in total. The van der Waals surface area contributed by atoms with Gasteiger partial charge in [0.2, 0.25) is 10.0 Å². The third kappa shape index (κ3) is 3.34. The third-order valence-electron chi connectivity index (χ3n) is 2.61. The molecule has 1 heterocycles. The number of hydroxylamine groups is 1. The zero-order chi connectivity index (χ0) is 13.3. The Kier molecular flexibility index (Phi) is 4.45. The van der Waals surface area contributed by atoms with E-state index in [9.17, 15) is 13.2 Å². The van der Waals surface area contributed by atoms with E-state index in [1.807, 2.05) is 13.8 Å². The predicted molar refractivity (Wildman–Crippen MR) is 67.0 cm³/mol. The first kappa shape index (κ1) is 14.7. The Morgan fingerprint density at radius 2 is 2.12 bits per heavy atom. The fourth-order valence-electron chi connectivity index (χ4n) is 1.91. The van der Waals surface area contributed by atoms with E-state index in [0.717, 1.165) is 6.26 Å². The Bertz CT molecular complexity index is 394. The van der Waals surface area contributed by atoms with Gasteiger partial charge in [0.15, 0.2) is 0 Å². The maximum absolute atomic E-state index is 11.9. The molecule has 1 amide bonds. The summed E-state index contributed by atoms with van der Waals surface area (Å²) in [7, 11) is -2.08. The summed E-state index contributed by atoms with van der Waals surface area (Å²) in [5.41, 5.74) is 2.21. The van der Waals surface area contributed by atoms with E-state index in [-0.39, 0.29) is 0 Å². The lowest BCUT2D eigenvalue weighted by Crippen LogP contribution is -2.61. The largest absolute Gasteiger partial charge is 0.277 e. The van der Waals surface area contributed by atoms with Gasteiger partial charge in [-0.15, -0.1) is 0 Å². The van der Waals surface area contributed by atoms with Gasteiger partial charge in [0.1, 0.15) is 6.04 Å². The van der Waals surface area contributed by atoms with Crippen LogP contribution < -0.4 is 5.48 Å². The minimum atomic E-state index is -3.41. The summed E-state index contributed by atoms with van der Waals surface area (Å²) in [4.78, 5) is 16.5. The van der Waals surface area contributed by atoms with E-state index in [0.29, 0.717) is 12.3 Å². The van der Waals surface area contributed by atoms with E-state index in [4.69, 9.17) is 0 Å². The summed E-state index contributed by atoms with van der Waals surface area (Å²) in [6.45, 7) is 4.05. The predicted octanol–water partition coefficient (Wildman–Crippen LogP) is -0.180. The summed E-state index contributed by atoms with van der Waals surface area (Å²) < 4.78 is 24.1. The van der Waals surface area contributed by atoms with Crippen LogP contribution in [0, 0.1) is 0 Å². The zero-order valence-corrected chi connectivity index (χ0v) is 12.0. The highest BCUT2D eigenvalue weighted by atomic mass is 32.2. The van der Waals surface area contributed by atoms with Gasteiger partial charge < -0.3 is 0 Å². The lowest BCUT2D eigenvalue weighted by Gasteiger charge is -2.43. The molecule has 0 aromatic heterocycles. The molecule has 1 fully saturated rings. The third-order valence-corrected chi connectivity index (χ3v) is 5.21. The first-order valence-electron chi connectivity index (χ1n) is 5.14. The van der Waals surface area contributed by atoms with Gasteiger partial charge >= 0.3 is 0 Å². The molecular weight excluding hydrogens is 264 g/mol. The SMILES string of the molecule is CONC(=O)C1N(S(C)(=O)=O)CCSC1(C)C. The van der Waals surface area contributed by atoms with Gasteiger partial charge in [0.05, 0.1) is 13.4 Å². The van der Waals surface area contributed by atoms with Crippen LogP contribution in [0.1, 0.15) is 13.8 Å². The molecule has 1 aliphatic rings. The fraction of sp³-hybridized carbons (Fsp3) is 0.889. The second kappa shape index (κ2) is 5.13. The molecule has 1 saturated heterocycles. The number of thioether (sulfide) groups is 1. The molecule has 100 valence electrons. The van der Waals surface area contributed by atoms with E-state index in [1.54, 1.807) is 11.8 Å². The standard InChI is InChI=1S/C9H18N2O4S2/c1-9(2)7(8(12)10-15-3)11(5-6-16-9)17(4,13)14/h7H,5-6H2,1-4H3,(H,10,12). The number of nitrogens with zero attached hydrogens (tertiary/aromatic N) is 1. The molecule has 0 spiro atoms. The molecule has 17 heavy (non-hydrogen) atoms. The highest BCUT2D eigenvalue weighted by Crippen LogP contribution is 2.36. The van der Waals surface area contributed by atoms with Gasteiger partial charge in [-0.1, -0.05) is 0 Å². The molecular formula is C9H18N2O4S2. The minimum Gasteiger partial charge on any atom is -0.277 e. The molecule has 1 unspecified atom stereocenters. The molecule has 0 saturated carbocycles. The Balaban J connectivity index is 3.07. The minimum absolute atomic E-state index is 0.342. The number of carbonyl (C=O) groups excluding carboxylic acids is 1. The van der Waals surface area contributed by atoms with Crippen LogP contribution in [0.4, 0.5) is 0 Å². The molecule has 1 aliphatic heterocycles. The molecule has 1 atom stereocenters. The second-order valence-electron chi connectivity index (χ2n) is 4.40. The van der Waals surface area contributed by atoms with Crippen LogP contribution >= 0.6 is 11.8 Å². The lowest BCUT2D eigenvalue weighted by atomic mass is 10.0. The van der Waals surface area contributed by atoms with Crippen molar-refractivity contribution in [2.75, 3.05) is 25.7 Å². The topological polar surface area (TPSA) is 75.7 Å². The Morgan fingerprint density at radius 1 is 1.53 bits per heavy atom. The maximum Gasteiger partial charge on any atom is 0.263 e. The van der Waals surface area contributed by atoms with Crippen molar-refractivity contribution in [1.82, 2.24) is 9.79 Å². The maximum atomic E-state index is 11.9. The Morgan fingerprint density at radius 3 is 2.59 bits per heavy atom. The van der Waals surface area contributed by atoms with Crippen LogP contribution in [0.25, 0.3) is 0 Å². The lowest BCUT2D eigenvalue weighted by molar-refractivity contribution is -0.136. The normalized spacial score (nSPS) is 25.5. The summed E-state index contributed by atoms with van der Waals surface area (Å²) >= 11 is 1.58. The van der Waals surface area contributed by atoms with E-state index < -0.39 is 26.7 Å². The number of nitrogens with one attached hydrogen (secondary N) is 1. The van der Waals surface area contributed by atoms with E-state index in [1.165, 1.54) is 11.4 Å². The van der Waals surface area contributed by atoms with Crippen molar-refractivity contribution in [3.63, 3.8) is 0 Å². The van der Waals surface area contributed by atoms with Gasteiger partial charge in [0.25, 0.3) is 5.91 Å². The van der Waals surface area contributed by atoms with Crippen molar-refractivity contribution in [2.24, 2.45) is 0 Å². The molecule has 0 aliphatic carbocycles. The van der Waals surface area contributed by atoms with Crippen molar-refractivity contribution in [3.05, 3.63) is 0 Å². The average molecular weight is 282 g/mol. The van der Waals surface area contributed by atoms with Crippen LogP contribution in [-0.4, -0.2) is 55.1 Å². The van der Waals surface area contributed by atoms with Gasteiger partial charge in [-0.2, -0.15) is 16.1 Å². The van der Waals surface area contributed by atoms with Crippen LogP contribution in [0.3, 0.4) is 0 Å². The highest BCUT2D eigenvalue weighted by Gasteiger charge is 2.46. The van der Waals surface area contributed by atoms with Crippen LogP contribution in [0.2, 0.25) is 0 Å². The van der Waals surface area contributed by atoms with Crippen LogP contribution in [0.5, 0.6) is 0 Å². The first-order valence-corrected chi connectivity index (χ1v) is 7.97. The molecule has 1 rings (SSSR count). The summed E-state index contributed by atoms with van der Waals surface area (Å²) in [6, 6.07) is -0.754. The van der Waals surface area contributed by atoms with Crippen molar-refractivity contribution >= 4 is 27.7 Å². The number of hydrogen-bond acceptors (Lipinski definition) is 5. The van der Waals surface area contributed by atoms with E-state index in [2.05, 4.69) is 10.3 Å². The average Bonchev–Trinajstić information content (AvgIpc) is 2.14. The molecule has 1 N–H and O–H groups in total. The van der Waals surface area contributed by atoms with Crippen molar-refractivity contribution in [1.29, 1.82) is 0 Å². The van der Waals surface area contributed by atoms with Crippen molar-refractivity contribution in [3.8, 4) is 0 Å². The molecule has 0 bridgehead atoms. The molecule has 0 aromatic rings. The van der Waals surface area contributed by atoms with Gasteiger partial charge in [-0.3, -0.25) is 9.63 Å². The van der Waals surface area contributed by atoms with Crippen molar-refractivity contribution < 1.29 is 18.0 Å². The Hall–Kier alpha value is -0.310. The smallest absolute Gasteiger partial charge is 0.263 e. The monoisotopic (exact) mass is 282 g/mol. The first-order chi connectivity index (χ1) is 7.70. The number of amides is 1. The number of sulfonamides is 1. The molecule has 0 aromatic carbocycles. The summed E-state index contributed by atoms with van der Waals surface area (Å²) in [6.07, 6.45) is 1.12. The molecule has 8 heteroatoms. The van der Waals surface area contributed by atoms with Crippen molar-refractivity contribution in [2.45, 2.75) is 24.6 Å². The van der Waals surface area contributed by atoms with Crippen LogP contribution in [-0.2, 0) is 19.7 Å². The fourth-order valence-corrected chi connectivity index (χ4v) is 4.47. The number of rotatable bonds is 3. The quantitative estimate of drug-likeness (QED) is 0.727. The summed E-state index contributed by atoms with van der Waals surface area (Å²) in [5, 5.41) is 0. The van der Waals surface area contributed by atoms with Crippen LogP contribution in [0.15, 0.2) is 0 Å². The summed E-state index contributed by atoms with van der Waals surface area (Å²) in [5.74, 6) is 0.242. The van der Waals surface area contributed by atoms with E-state index >= 15 is 0 Å². The second-order valence-corrected chi connectivity index (χ2v) is 8.08.